The number of fused-ring (bicyclic) bond motifs is 3. The van der Waals surface area contributed by atoms with Crippen LogP contribution in [-0.2, 0) is 17.6 Å². The van der Waals surface area contributed by atoms with Crippen LogP contribution in [0.2, 0.25) is 0 Å². The molecule has 5 rings (SSSR count). The lowest BCUT2D eigenvalue weighted by atomic mass is 9.82. The molecule has 7 heteroatoms. The number of aryl methyl sites for hydroxylation is 2. The quantitative estimate of drug-likeness (QED) is 0.765. The molecule has 1 spiro atoms. The molecule has 1 aliphatic heterocycles. The second kappa shape index (κ2) is 6.44. The van der Waals surface area contributed by atoms with Crippen molar-refractivity contribution in [3.63, 3.8) is 0 Å². The van der Waals surface area contributed by atoms with Crippen molar-refractivity contribution in [2.75, 3.05) is 0 Å². The lowest BCUT2D eigenvalue weighted by Crippen LogP contribution is -2.50. The monoisotopic (exact) mass is 395 g/mol. The Hall–Kier alpha value is -2.67. The highest BCUT2D eigenvalue weighted by Gasteiger charge is 2.52. The number of nitrogens with zero attached hydrogens (tertiary/aromatic N) is 1. The van der Waals surface area contributed by atoms with Gasteiger partial charge in [0.25, 0.3) is 11.8 Å². The van der Waals surface area contributed by atoms with Gasteiger partial charge in [-0.25, -0.2) is 4.79 Å². The highest BCUT2D eigenvalue weighted by atomic mass is 32.1. The van der Waals surface area contributed by atoms with Gasteiger partial charge in [-0.15, -0.1) is 11.3 Å². The average Bonchev–Trinajstić information content (AvgIpc) is 3.24. The summed E-state index contributed by atoms with van der Waals surface area (Å²) in [5.41, 5.74) is 5.31. The molecule has 0 unspecified atom stereocenters. The van der Waals surface area contributed by atoms with E-state index in [4.69, 9.17) is 0 Å². The van der Waals surface area contributed by atoms with Gasteiger partial charge in [0.1, 0.15) is 5.54 Å². The fraction of sp³-hybridized carbons (Fsp3) is 0.381. The van der Waals surface area contributed by atoms with Crippen LogP contribution in [0.5, 0.6) is 0 Å². The largest absolute Gasteiger partial charge is 0.344 e. The minimum Gasteiger partial charge on any atom is -0.322 e. The third kappa shape index (κ3) is 2.64. The van der Waals surface area contributed by atoms with Crippen molar-refractivity contribution >= 4 is 29.2 Å². The van der Waals surface area contributed by atoms with Gasteiger partial charge >= 0.3 is 6.03 Å². The molecule has 2 N–H and O–H groups in total. The number of carbonyl (C=O) groups excluding carboxylic acids is 3. The summed E-state index contributed by atoms with van der Waals surface area (Å²) in [5, 5.41) is 3.69. The third-order valence-electron chi connectivity index (χ3n) is 6.04. The molecule has 2 aromatic rings. The molecule has 0 radical (unpaired) electrons. The third-order valence-corrected chi connectivity index (χ3v) is 7.25. The summed E-state index contributed by atoms with van der Waals surface area (Å²) in [6, 6.07) is 9.59. The number of amides is 4. The van der Waals surface area contributed by atoms with Gasteiger partial charge in [0.15, 0.2) is 0 Å². The molecule has 2 heterocycles. The molecule has 1 saturated carbocycles. The first kappa shape index (κ1) is 17.4. The van der Waals surface area contributed by atoms with Crippen molar-refractivity contribution in [1.82, 2.24) is 15.8 Å². The molecule has 2 aliphatic carbocycles. The Morgan fingerprint density at radius 1 is 1.07 bits per heavy atom. The van der Waals surface area contributed by atoms with Crippen LogP contribution in [0, 0.1) is 0 Å². The van der Waals surface area contributed by atoms with E-state index in [9.17, 15) is 14.4 Å². The van der Waals surface area contributed by atoms with Gasteiger partial charge in [0.2, 0.25) is 0 Å². The second-order valence-electron chi connectivity index (χ2n) is 7.78. The Bertz CT molecular complexity index is 991. The molecule has 2 fully saturated rings. The standard InChI is InChI=1S/C21H21N3O3S/c25-18(23-24-19(26)21(22-20(24)27)10-4-1-5-11-21)16-12-14-9-8-13-6-2-3-7-15(13)17(14)28-16/h2-3,6-7,12H,1,4-5,8-11H2,(H,22,27)(H,23,25). The van der Waals surface area contributed by atoms with Gasteiger partial charge in [-0.3, -0.25) is 15.0 Å². The fourth-order valence-electron chi connectivity index (χ4n) is 4.56. The molecule has 1 saturated heterocycles. The maximum Gasteiger partial charge on any atom is 0.344 e. The Morgan fingerprint density at radius 2 is 1.82 bits per heavy atom. The van der Waals surface area contributed by atoms with E-state index in [1.165, 1.54) is 22.5 Å². The first-order valence-electron chi connectivity index (χ1n) is 9.76. The number of hydrogen-bond acceptors (Lipinski definition) is 4. The molecule has 3 aliphatic rings. The second-order valence-corrected chi connectivity index (χ2v) is 8.83. The average molecular weight is 395 g/mol. The van der Waals surface area contributed by atoms with Gasteiger partial charge < -0.3 is 5.32 Å². The Balaban J connectivity index is 1.38. The van der Waals surface area contributed by atoms with E-state index in [-0.39, 0.29) is 5.91 Å². The first-order valence-corrected chi connectivity index (χ1v) is 10.6. The van der Waals surface area contributed by atoms with Crippen molar-refractivity contribution < 1.29 is 14.4 Å². The summed E-state index contributed by atoms with van der Waals surface area (Å²) in [6.07, 6.45) is 6.00. The van der Waals surface area contributed by atoms with Gasteiger partial charge in [-0.05, 0) is 48.4 Å². The zero-order valence-electron chi connectivity index (χ0n) is 15.4. The van der Waals surface area contributed by atoms with Crippen LogP contribution in [-0.4, -0.2) is 28.4 Å². The van der Waals surface area contributed by atoms with Gasteiger partial charge in [0.05, 0.1) is 4.88 Å². The van der Waals surface area contributed by atoms with Crippen LogP contribution in [0.15, 0.2) is 30.3 Å². The smallest absolute Gasteiger partial charge is 0.322 e. The summed E-state index contributed by atoms with van der Waals surface area (Å²) in [5.74, 6) is -0.745. The number of urea groups is 1. The summed E-state index contributed by atoms with van der Waals surface area (Å²) in [6.45, 7) is 0. The summed E-state index contributed by atoms with van der Waals surface area (Å²) >= 11 is 1.42. The van der Waals surface area contributed by atoms with E-state index in [0.29, 0.717) is 17.7 Å². The number of carbonyl (C=O) groups is 3. The Kier molecular flexibility index (Phi) is 4.01. The number of hydrogen-bond donors (Lipinski definition) is 2. The van der Waals surface area contributed by atoms with Crippen LogP contribution < -0.4 is 10.7 Å². The number of hydrazine groups is 1. The van der Waals surface area contributed by atoms with Crippen LogP contribution in [0.1, 0.15) is 52.9 Å². The van der Waals surface area contributed by atoms with E-state index >= 15 is 0 Å². The van der Waals surface area contributed by atoms with E-state index in [0.717, 1.165) is 47.6 Å². The Morgan fingerprint density at radius 3 is 2.64 bits per heavy atom. The number of imide groups is 1. The molecular weight excluding hydrogens is 374 g/mol. The fourth-order valence-corrected chi connectivity index (χ4v) is 5.72. The topological polar surface area (TPSA) is 78.5 Å². The highest BCUT2D eigenvalue weighted by molar-refractivity contribution is 7.17. The molecule has 4 amide bonds. The predicted molar refractivity (Wildman–Crippen MR) is 106 cm³/mol. The molecule has 0 atom stereocenters. The van der Waals surface area contributed by atoms with E-state index < -0.39 is 17.5 Å². The van der Waals surface area contributed by atoms with E-state index in [1.54, 1.807) is 0 Å². The normalized spacial score (nSPS) is 19.9. The van der Waals surface area contributed by atoms with E-state index in [2.05, 4.69) is 22.9 Å². The zero-order valence-corrected chi connectivity index (χ0v) is 16.2. The molecule has 0 bridgehead atoms. The molecule has 144 valence electrons. The molecule has 1 aromatic heterocycles. The number of rotatable bonds is 2. The van der Waals surface area contributed by atoms with Crippen LogP contribution in [0.3, 0.4) is 0 Å². The van der Waals surface area contributed by atoms with Gasteiger partial charge in [-0.1, -0.05) is 43.5 Å². The van der Waals surface area contributed by atoms with Crippen LogP contribution >= 0.6 is 11.3 Å². The first-order chi connectivity index (χ1) is 13.6. The molecule has 1 aromatic carbocycles. The SMILES string of the molecule is O=C(NN1C(=O)NC2(CCCCC2)C1=O)c1cc2c(s1)-c1ccccc1CC2. The highest BCUT2D eigenvalue weighted by Crippen LogP contribution is 2.39. The Labute approximate surface area is 166 Å². The number of thiophene rings is 1. The van der Waals surface area contributed by atoms with E-state index in [1.807, 2.05) is 18.2 Å². The van der Waals surface area contributed by atoms with Crippen molar-refractivity contribution in [1.29, 1.82) is 0 Å². The zero-order chi connectivity index (χ0) is 19.3. The summed E-state index contributed by atoms with van der Waals surface area (Å²) in [4.78, 5) is 39.7. The predicted octanol–water partition coefficient (Wildman–Crippen LogP) is 3.41. The van der Waals surface area contributed by atoms with Crippen molar-refractivity contribution in [3.05, 3.63) is 46.3 Å². The van der Waals surface area contributed by atoms with Crippen molar-refractivity contribution in [3.8, 4) is 10.4 Å². The van der Waals surface area contributed by atoms with Crippen LogP contribution in [0.25, 0.3) is 10.4 Å². The van der Waals surface area contributed by atoms with Gasteiger partial charge in [-0.2, -0.15) is 5.01 Å². The summed E-state index contributed by atoms with van der Waals surface area (Å²) < 4.78 is 0. The number of nitrogens with one attached hydrogen (secondary N) is 2. The maximum absolute atomic E-state index is 12.8. The van der Waals surface area contributed by atoms with Gasteiger partial charge in [0, 0.05) is 4.88 Å². The summed E-state index contributed by atoms with van der Waals surface area (Å²) in [7, 11) is 0. The molecular formula is C21H21N3O3S. The minimum atomic E-state index is -0.837. The minimum absolute atomic E-state index is 0.336. The van der Waals surface area contributed by atoms with Crippen molar-refractivity contribution in [2.24, 2.45) is 0 Å². The lowest BCUT2D eigenvalue weighted by molar-refractivity contribution is -0.134. The lowest BCUT2D eigenvalue weighted by Gasteiger charge is -2.30. The molecule has 6 nitrogen and oxygen atoms in total. The number of benzene rings is 1. The van der Waals surface area contributed by atoms with Crippen molar-refractivity contribution in [2.45, 2.75) is 50.5 Å². The maximum atomic E-state index is 12.8. The van der Waals surface area contributed by atoms with Crippen LogP contribution in [0.4, 0.5) is 4.79 Å². The molecule has 28 heavy (non-hydrogen) atoms.